The quantitative estimate of drug-likeness (QED) is 0.744. The molecule has 5 heteroatoms. The van der Waals surface area contributed by atoms with Crippen molar-refractivity contribution in [2.45, 2.75) is 52.0 Å². The van der Waals surface area contributed by atoms with Crippen LogP contribution in [0.2, 0.25) is 0 Å². The lowest BCUT2D eigenvalue weighted by Crippen LogP contribution is -2.39. The van der Waals surface area contributed by atoms with Crippen LogP contribution >= 0.6 is 0 Å². The Morgan fingerprint density at radius 2 is 2.00 bits per heavy atom. The summed E-state index contributed by atoms with van der Waals surface area (Å²) >= 11 is 0. The van der Waals surface area contributed by atoms with E-state index in [2.05, 4.69) is 13.8 Å². The van der Waals surface area contributed by atoms with Crippen LogP contribution < -0.4 is 5.73 Å². The number of hydrogen-bond donors (Lipinski definition) is 2. The normalized spacial score (nSPS) is 32.4. The second-order valence-corrected chi connectivity index (χ2v) is 7.10. The van der Waals surface area contributed by atoms with Gasteiger partial charge in [0.15, 0.2) is 0 Å². The molecule has 1 aliphatic carbocycles. The van der Waals surface area contributed by atoms with Crippen LogP contribution in [-0.2, 0) is 10.1 Å². The van der Waals surface area contributed by atoms with Crippen LogP contribution in [-0.4, -0.2) is 24.8 Å². The molecule has 0 spiro atoms. The molecule has 4 atom stereocenters. The fourth-order valence-electron chi connectivity index (χ4n) is 2.94. The van der Waals surface area contributed by atoms with Crippen molar-refractivity contribution in [1.82, 2.24) is 0 Å². The predicted molar refractivity (Wildman–Crippen MR) is 69.3 cm³/mol. The van der Waals surface area contributed by atoms with E-state index in [1.54, 1.807) is 0 Å². The number of rotatable bonds is 5. The first-order valence-electron chi connectivity index (χ1n) is 6.52. The summed E-state index contributed by atoms with van der Waals surface area (Å²) in [5, 5.41) is 0. The molecular weight excluding hydrogens is 238 g/mol. The fraction of sp³-hybridized carbons (Fsp3) is 1.00. The molecule has 102 valence electrons. The maximum absolute atomic E-state index is 10.6. The molecule has 1 saturated carbocycles. The summed E-state index contributed by atoms with van der Waals surface area (Å²) in [6.45, 7) is 4.51. The second kappa shape index (κ2) is 6.16. The SMILES string of the molecule is CC1CCCC(C(N)CCCS(=O)(=O)O)C1C. The lowest BCUT2D eigenvalue weighted by Gasteiger charge is -2.37. The van der Waals surface area contributed by atoms with Gasteiger partial charge in [0.25, 0.3) is 10.1 Å². The molecule has 4 unspecified atom stereocenters. The minimum Gasteiger partial charge on any atom is -0.327 e. The van der Waals surface area contributed by atoms with Crippen molar-refractivity contribution in [2.75, 3.05) is 5.75 Å². The molecule has 3 N–H and O–H groups in total. The van der Waals surface area contributed by atoms with Gasteiger partial charge in [-0.15, -0.1) is 0 Å². The minimum atomic E-state index is -3.83. The summed E-state index contributed by atoms with van der Waals surface area (Å²) in [5.41, 5.74) is 6.15. The minimum absolute atomic E-state index is 0.0644. The standard InChI is InChI=1S/C12H25NO3S/c1-9-5-3-6-11(10(9)2)12(13)7-4-8-17(14,15)16/h9-12H,3-8,13H2,1-2H3,(H,14,15,16). The summed E-state index contributed by atoms with van der Waals surface area (Å²) in [4.78, 5) is 0. The Morgan fingerprint density at radius 3 is 2.59 bits per heavy atom. The van der Waals surface area contributed by atoms with E-state index in [9.17, 15) is 8.42 Å². The molecule has 0 aliphatic heterocycles. The van der Waals surface area contributed by atoms with Gasteiger partial charge in [0.05, 0.1) is 5.75 Å². The molecular formula is C12H25NO3S. The van der Waals surface area contributed by atoms with E-state index in [1.807, 2.05) is 0 Å². The highest BCUT2D eigenvalue weighted by molar-refractivity contribution is 7.85. The third kappa shape index (κ3) is 4.94. The molecule has 0 bridgehead atoms. The van der Waals surface area contributed by atoms with Gasteiger partial charge in [-0.05, 0) is 37.0 Å². The average molecular weight is 263 g/mol. The summed E-state index contributed by atoms with van der Waals surface area (Å²) in [5.74, 6) is 1.66. The molecule has 17 heavy (non-hydrogen) atoms. The monoisotopic (exact) mass is 263 g/mol. The molecule has 0 radical (unpaired) electrons. The summed E-state index contributed by atoms with van der Waals surface area (Å²) in [6, 6.07) is 0.0644. The molecule has 0 saturated heterocycles. The van der Waals surface area contributed by atoms with Gasteiger partial charge >= 0.3 is 0 Å². The van der Waals surface area contributed by atoms with Crippen molar-refractivity contribution in [1.29, 1.82) is 0 Å². The van der Waals surface area contributed by atoms with E-state index in [0.717, 1.165) is 6.42 Å². The van der Waals surface area contributed by atoms with Crippen LogP contribution in [0.5, 0.6) is 0 Å². The van der Waals surface area contributed by atoms with Crippen molar-refractivity contribution in [3.63, 3.8) is 0 Å². The summed E-state index contributed by atoms with van der Waals surface area (Å²) < 4.78 is 29.9. The Kier molecular flexibility index (Phi) is 5.41. The zero-order valence-electron chi connectivity index (χ0n) is 10.8. The van der Waals surface area contributed by atoms with Gasteiger partial charge in [0, 0.05) is 6.04 Å². The first-order valence-corrected chi connectivity index (χ1v) is 8.13. The molecule has 0 aromatic carbocycles. The number of nitrogens with two attached hydrogens (primary N) is 1. The first kappa shape index (κ1) is 14.9. The van der Waals surface area contributed by atoms with E-state index < -0.39 is 10.1 Å². The molecule has 4 nitrogen and oxygen atoms in total. The Bertz CT molecular complexity index is 329. The lowest BCUT2D eigenvalue weighted by molar-refractivity contribution is 0.151. The van der Waals surface area contributed by atoms with Crippen molar-refractivity contribution >= 4 is 10.1 Å². The smallest absolute Gasteiger partial charge is 0.264 e. The molecule has 0 amide bonds. The summed E-state index contributed by atoms with van der Waals surface area (Å²) in [7, 11) is -3.83. The van der Waals surface area contributed by atoms with E-state index in [-0.39, 0.29) is 11.8 Å². The van der Waals surface area contributed by atoms with Gasteiger partial charge in [0.2, 0.25) is 0 Å². The summed E-state index contributed by atoms with van der Waals surface area (Å²) in [6.07, 6.45) is 4.79. The van der Waals surface area contributed by atoms with Gasteiger partial charge in [-0.3, -0.25) is 4.55 Å². The highest BCUT2D eigenvalue weighted by atomic mass is 32.2. The number of hydrogen-bond acceptors (Lipinski definition) is 3. The Labute approximate surface area is 105 Å². The van der Waals surface area contributed by atoms with E-state index in [0.29, 0.717) is 30.6 Å². The van der Waals surface area contributed by atoms with Crippen molar-refractivity contribution in [2.24, 2.45) is 23.5 Å². The van der Waals surface area contributed by atoms with E-state index in [4.69, 9.17) is 10.3 Å². The molecule has 0 aromatic heterocycles. The largest absolute Gasteiger partial charge is 0.327 e. The maximum Gasteiger partial charge on any atom is 0.264 e. The third-order valence-corrected chi connectivity index (χ3v) is 5.06. The second-order valence-electron chi connectivity index (χ2n) is 5.52. The van der Waals surface area contributed by atoms with E-state index >= 15 is 0 Å². The van der Waals surface area contributed by atoms with Crippen LogP contribution in [0.15, 0.2) is 0 Å². The fourth-order valence-corrected chi connectivity index (χ4v) is 3.47. The van der Waals surface area contributed by atoms with Gasteiger partial charge in [0.1, 0.15) is 0 Å². The van der Waals surface area contributed by atoms with Crippen molar-refractivity contribution in [3.05, 3.63) is 0 Å². The first-order chi connectivity index (χ1) is 7.81. The lowest BCUT2D eigenvalue weighted by atomic mass is 9.70. The van der Waals surface area contributed by atoms with Crippen LogP contribution in [0.3, 0.4) is 0 Å². The van der Waals surface area contributed by atoms with Gasteiger partial charge < -0.3 is 5.73 Å². The molecule has 0 aromatic rings. The van der Waals surface area contributed by atoms with Crippen molar-refractivity contribution < 1.29 is 13.0 Å². The van der Waals surface area contributed by atoms with Gasteiger partial charge in [-0.25, -0.2) is 0 Å². The maximum atomic E-state index is 10.6. The zero-order chi connectivity index (χ0) is 13.1. The van der Waals surface area contributed by atoms with Gasteiger partial charge in [-0.1, -0.05) is 26.7 Å². The highest BCUT2D eigenvalue weighted by Gasteiger charge is 2.30. The Balaban J connectivity index is 2.38. The van der Waals surface area contributed by atoms with Crippen LogP contribution in [0.4, 0.5) is 0 Å². The molecule has 0 heterocycles. The third-order valence-electron chi connectivity index (χ3n) is 4.26. The van der Waals surface area contributed by atoms with Crippen LogP contribution in [0.1, 0.15) is 46.0 Å². The topological polar surface area (TPSA) is 80.4 Å². The predicted octanol–water partition coefficient (Wildman–Crippen LogP) is 2.05. The zero-order valence-corrected chi connectivity index (χ0v) is 11.6. The van der Waals surface area contributed by atoms with Crippen molar-refractivity contribution in [3.8, 4) is 0 Å². The highest BCUT2D eigenvalue weighted by Crippen LogP contribution is 2.36. The van der Waals surface area contributed by atoms with Crippen LogP contribution in [0.25, 0.3) is 0 Å². The van der Waals surface area contributed by atoms with E-state index in [1.165, 1.54) is 12.8 Å². The molecule has 1 fully saturated rings. The van der Waals surface area contributed by atoms with Crippen LogP contribution in [0, 0.1) is 17.8 Å². The Morgan fingerprint density at radius 1 is 1.35 bits per heavy atom. The Hall–Kier alpha value is -0.130. The molecule has 1 aliphatic rings. The average Bonchev–Trinajstić information content (AvgIpc) is 2.20. The molecule has 1 rings (SSSR count). The van der Waals surface area contributed by atoms with Gasteiger partial charge in [-0.2, -0.15) is 8.42 Å².